The fourth-order valence-corrected chi connectivity index (χ4v) is 2.31. The highest BCUT2D eigenvalue weighted by Crippen LogP contribution is 2.49. The van der Waals surface area contributed by atoms with E-state index in [2.05, 4.69) is 19.2 Å². The number of hydrogen-bond donors (Lipinski definition) is 1. The second-order valence-electron chi connectivity index (χ2n) is 5.93. The first-order valence-corrected chi connectivity index (χ1v) is 6.19. The van der Waals surface area contributed by atoms with Gasteiger partial charge in [-0.2, -0.15) is 0 Å². The minimum absolute atomic E-state index is 0.0886. The average molecular weight is 211 g/mol. The van der Waals surface area contributed by atoms with Gasteiger partial charge in [0.1, 0.15) is 0 Å². The summed E-state index contributed by atoms with van der Waals surface area (Å²) in [4.78, 5) is 11.9. The fourth-order valence-electron chi connectivity index (χ4n) is 2.31. The molecule has 0 aromatic carbocycles. The average Bonchev–Trinajstić information content (AvgIpc) is 2.70. The van der Waals surface area contributed by atoms with Crippen molar-refractivity contribution in [3.05, 3.63) is 0 Å². The SMILES string of the molecule is CCCCC1C(C)C1C(=O)NC(C)(C)C. The molecule has 3 atom stereocenters. The number of rotatable bonds is 4. The van der Waals surface area contributed by atoms with Crippen LogP contribution in [0.25, 0.3) is 0 Å². The van der Waals surface area contributed by atoms with Gasteiger partial charge >= 0.3 is 0 Å². The molecular formula is C13H25NO. The number of amides is 1. The molecule has 0 saturated heterocycles. The lowest BCUT2D eigenvalue weighted by Gasteiger charge is -2.20. The van der Waals surface area contributed by atoms with Crippen LogP contribution in [0.4, 0.5) is 0 Å². The van der Waals surface area contributed by atoms with Gasteiger partial charge in [-0.3, -0.25) is 4.79 Å². The zero-order valence-electron chi connectivity index (χ0n) is 10.8. The van der Waals surface area contributed by atoms with E-state index in [4.69, 9.17) is 0 Å². The van der Waals surface area contributed by atoms with Crippen LogP contribution in [0, 0.1) is 17.8 Å². The first kappa shape index (κ1) is 12.5. The highest BCUT2D eigenvalue weighted by Gasteiger charge is 2.50. The van der Waals surface area contributed by atoms with Crippen molar-refractivity contribution in [2.45, 2.75) is 59.4 Å². The summed E-state index contributed by atoms with van der Waals surface area (Å²) >= 11 is 0. The summed E-state index contributed by atoms with van der Waals surface area (Å²) in [5, 5.41) is 3.08. The molecule has 2 nitrogen and oxygen atoms in total. The molecule has 2 heteroatoms. The predicted molar refractivity (Wildman–Crippen MR) is 63.6 cm³/mol. The Morgan fingerprint density at radius 2 is 1.93 bits per heavy atom. The Kier molecular flexibility index (Phi) is 3.80. The van der Waals surface area contributed by atoms with E-state index in [1.807, 2.05) is 20.8 Å². The topological polar surface area (TPSA) is 29.1 Å². The van der Waals surface area contributed by atoms with E-state index in [9.17, 15) is 4.79 Å². The molecule has 1 amide bonds. The van der Waals surface area contributed by atoms with Gasteiger partial charge in [-0.1, -0.05) is 26.7 Å². The third-order valence-electron chi connectivity index (χ3n) is 3.25. The molecule has 1 N–H and O–H groups in total. The molecule has 1 aliphatic rings. The summed E-state index contributed by atoms with van der Waals surface area (Å²) in [5.41, 5.74) is -0.0886. The van der Waals surface area contributed by atoms with Gasteiger partial charge in [0.25, 0.3) is 0 Å². The first-order chi connectivity index (χ1) is 6.87. The van der Waals surface area contributed by atoms with Crippen LogP contribution in [0.1, 0.15) is 53.9 Å². The molecule has 1 aliphatic carbocycles. The molecule has 0 spiro atoms. The van der Waals surface area contributed by atoms with Crippen LogP contribution in [0.15, 0.2) is 0 Å². The lowest BCUT2D eigenvalue weighted by Crippen LogP contribution is -2.41. The Labute approximate surface area is 93.8 Å². The van der Waals surface area contributed by atoms with Crippen molar-refractivity contribution in [2.75, 3.05) is 0 Å². The lowest BCUT2D eigenvalue weighted by molar-refractivity contribution is -0.124. The van der Waals surface area contributed by atoms with Crippen molar-refractivity contribution in [2.24, 2.45) is 17.8 Å². The molecule has 0 bridgehead atoms. The van der Waals surface area contributed by atoms with Gasteiger partial charge in [0.2, 0.25) is 5.91 Å². The molecule has 0 radical (unpaired) electrons. The van der Waals surface area contributed by atoms with Crippen molar-refractivity contribution in [3.8, 4) is 0 Å². The van der Waals surface area contributed by atoms with Crippen LogP contribution in [0.5, 0.6) is 0 Å². The zero-order valence-corrected chi connectivity index (χ0v) is 10.8. The summed E-state index contributed by atoms with van der Waals surface area (Å²) in [6, 6.07) is 0. The van der Waals surface area contributed by atoms with Crippen molar-refractivity contribution < 1.29 is 4.79 Å². The van der Waals surface area contributed by atoms with E-state index >= 15 is 0 Å². The summed E-state index contributed by atoms with van der Waals surface area (Å²) in [6.07, 6.45) is 3.71. The molecule has 1 rings (SSSR count). The molecule has 1 saturated carbocycles. The van der Waals surface area contributed by atoms with E-state index in [0.29, 0.717) is 11.8 Å². The van der Waals surface area contributed by atoms with E-state index in [1.54, 1.807) is 0 Å². The van der Waals surface area contributed by atoms with Crippen LogP contribution >= 0.6 is 0 Å². The summed E-state index contributed by atoms with van der Waals surface area (Å²) in [7, 11) is 0. The van der Waals surface area contributed by atoms with E-state index in [0.717, 1.165) is 0 Å². The van der Waals surface area contributed by atoms with Gasteiger partial charge in [0, 0.05) is 11.5 Å². The van der Waals surface area contributed by atoms with Gasteiger partial charge in [0.05, 0.1) is 0 Å². The van der Waals surface area contributed by atoms with Crippen LogP contribution < -0.4 is 5.32 Å². The van der Waals surface area contributed by atoms with Gasteiger partial charge in [-0.05, 0) is 39.0 Å². The molecule has 0 aliphatic heterocycles. The Hall–Kier alpha value is -0.530. The van der Waals surface area contributed by atoms with Crippen molar-refractivity contribution in [1.29, 1.82) is 0 Å². The molecule has 3 unspecified atom stereocenters. The maximum absolute atomic E-state index is 11.9. The van der Waals surface area contributed by atoms with Crippen LogP contribution in [-0.4, -0.2) is 11.4 Å². The summed E-state index contributed by atoms with van der Waals surface area (Å²) in [5.74, 6) is 1.79. The summed E-state index contributed by atoms with van der Waals surface area (Å²) < 4.78 is 0. The molecule has 0 heterocycles. The molecule has 0 aromatic rings. The first-order valence-electron chi connectivity index (χ1n) is 6.19. The van der Waals surface area contributed by atoms with Gasteiger partial charge in [-0.15, -0.1) is 0 Å². The number of nitrogens with one attached hydrogen (secondary N) is 1. The van der Waals surface area contributed by atoms with E-state index in [1.165, 1.54) is 19.3 Å². The normalized spacial score (nSPS) is 30.1. The number of hydrogen-bond acceptors (Lipinski definition) is 1. The van der Waals surface area contributed by atoms with Crippen molar-refractivity contribution in [3.63, 3.8) is 0 Å². The van der Waals surface area contributed by atoms with Gasteiger partial charge < -0.3 is 5.32 Å². The number of carbonyl (C=O) groups excluding carboxylic acids is 1. The van der Waals surface area contributed by atoms with E-state index in [-0.39, 0.29) is 17.4 Å². The summed E-state index contributed by atoms with van der Waals surface area (Å²) in [6.45, 7) is 10.5. The van der Waals surface area contributed by atoms with Crippen LogP contribution in [0.2, 0.25) is 0 Å². The highest BCUT2D eigenvalue weighted by molar-refractivity contribution is 5.82. The number of carbonyl (C=O) groups is 1. The monoisotopic (exact) mass is 211 g/mol. The highest BCUT2D eigenvalue weighted by atomic mass is 16.2. The molecule has 0 aromatic heterocycles. The molecule has 88 valence electrons. The third kappa shape index (κ3) is 3.51. The van der Waals surface area contributed by atoms with Crippen molar-refractivity contribution >= 4 is 5.91 Å². The second-order valence-corrected chi connectivity index (χ2v) is 5.93. The minimum atomic E-state index is -0.0886. The molecule has 1 fully saturated rings. The van der Waals surface area contributed by atoms with Crippen LogP contribution in [-0.2, 0) is 4.79 Å². The quantitative estimate of drug-likeness (QED) is 0.761. The molecule has 15 heavy (non-hydrogen) atoms. The molecular weight excluding hydrogens is 186 g/mol. The third-order valence-corrected chi connectivity index (χ3v) is 3.25. The fraction of sp³-hybridized carbons (Fsp3) is 0.923. The van der Waals surface area contributed by atoms with Crippen LogP contribution in [0.3, 0.4) is 0 Å². The Balaban J connectivity index is 2.37. The van der Waals surface area contributed by atoms with Crippen molar-refractivity contribution in [1.82, 2.24) is 5.32 Å². The maximum atomic E-state index is 11.9. The zero-order chi connectivity index (χ0) is 11.6. The second kappa shape index (κ2) is 4.54. The minimum Gasteiger partial charge on any atom is -0.351 e. The predicted octanol–water partition coefficient (Wildman–Crippen LogP) is 2.97. The Morgan fingerprint density at radius 3 is 2.40 bits per heavy atom. The maximum Gasteiger partial charge on any atom is 0.224 e. The van der Waals surface area contributed by atoms with Gasteiger partial charge in [-0.25, -0.2) is 0 Å². The van der Waals surface area contributed by atoms with E-state index < -0.39 is 0 Å². The number of unbranched alkanes of at least 4 members (excludes halogenated alkanes) is 1. The lowest BCUT2D eigenvalue weighted by atomic mass is 10.1. The Morgan fingerprint density at radius 1 is 1.33 bits per heavy atom. The largest absolute Gasteiger partial charge is 0.351 e. The standard InChI is InChI=1S/C13H25NO/c1-6-7-8-10-9(2)11(10)12(15)14-13(3,4)5/h9-11H,6-8H2,1-5H3,(H,14,15). The Bertz CT molecular complexity index is 229. The van der Waals surface area contributed by atoms with Gasteiger partial charge in [0.15, 0.2) is 0 Å². The smallest absolute Gasteiger partial charge is 0.224 e.